The van der Waals surface area contributed by atoms with E-state index >= 15 is 0 Å². The van der Waals surface area contributed by atoms with E-state index in [1.54, 1.807) is 12.0 Å². The predicted molar refractivity (Wildman–Crippen MR) is 106 cm³/mol. The summed E-state index contributed by atoms with van der Waals surface area (Å²) < 4.78 is 10.9. The third-order valence-electron chi connectivity index (χ3n) is 4.48. The van der Waals surface area contributed by atoms with Gasteiger partial charge in [-0.15, -0.1) is 0 Å². The molecule has 0 saturated carbocycles. The summed E-state index contributed by atoms with van der Waals surface area (Å²) in [6.45, 7) is 0.429. The van der Waals surface area contributed by atoms with Crippen LogP contribution in [-0.4, -0.2) is 13.2 Å². The Morgan fingerprint density at radius 1 is 0.926 bits per heavy atom. The molecule has 3 aromatic carbocycles. The number of rotatable bonds is 4. The molecule has 0 radical (unpaired) electrons. The fourth-order valence-corrected chi connectivity index (χ4v) is 3.09. The first-order valence-corrected chi connectivity index (χ1v) is 8.73. The summed E-state index contributed by atoms with van der Waals surface area (Å²) in [4.78, 5) is 14.4. The number of fused-ring (bicyclic) bond motifs is 1. The number of nitrogens with zero attached hydrogens (tertiary/aromatic N) is 1. The zero-order valence-corrected chi connectivity index (χ0v) is 15.0. The van der Waals surface area contributed by atoms with Crippen molar-refractivity contribution < 1.29 is 14.3 Å². The molecule has 3 aromatic rings. The van der Waals surface area contributed by atoms with Crippen LogP contribution in [0.2, 0.25) is 0 Å². The van der Waals surface area contributed by atoms with Gasteiger partial charge < -0.3 is 9.47 Å². The van der Waals surface area contributed by atoms with Crippen LogP contribution in [0.3, 0.4) is 0 Å². The molecular weight excluding hydrogens is 338 g/mol. The van der Waals surface area contributed by atoms with Crippen molar-refractivity contribution in [3.8, 4) is 5.75 Å². The number of hydrogen-bond donors (Lipinski definition) is 0. The van der Waals surface area contributed by atoms with Gasteiger partial charge in [-0.05, 0) is 41.5 Å². The van der Waals surface area contributed by atoms with E-state index in [-0.39, 0.29) is 6.09 Å². The lowest BCUT2D eigenvalue weighted by atomic mass is 10.1. The van der Waals surface area contributed by atoms with E-state index in [1.807, 2.05) is 84.9 Å². The fourth-order valence-electron chi connectivity index (χ4n) is 3.09. The molecule has 0 fully saturated rings. The third-order valence-corrected chi connectivity index (χ3v) is 4.48. The number of anilines is 1. The van der Waals surface area contributed by atoms with Gasteiger partial charge in [0.25, 0.3) is 0 Å². The molecule has 0 atom stereocenters. The number of para-hydroxylation sites is 1. The van der Waals surface area contributed by atoms with Gasteiger partial charge in [0.2, 0.25) is 0 Å². The van der Waals surface area contributed by atoms with Gasteiger partial charge in [-0.2, -0.15) is 0 Å². The summed E-state index contributed by atoms with van der Waals surface area (Å²) in [7, 11) is 1.63. The molecule has 134 valence electrons. The van der Waals surface area contributed by atoms with Crippen molar-refractivity contribution >= 4 is 23.6 Å². The summed E-state index contributed by atoms with van der Waals surface area (Å²) in [5, 5.41) is 0. The average Bonchev–Trinajstić information content (AvgIpc) is 2.72. The summed E-state index contributed by atoms with van der Waals surface area (Å²) in [6, 6.07) is 25.3. The van der Waals surface area contributed by atoms with E-state index in [2.05, 4.69) is 0 Å². The lowest BCUT2D eigenvalue weighted by molar-refractivity contribution is 0.197. The predicted octanol–water partition coefficient (Wildman–Crippen LogP) is 5.35. The number of benzene rings is 3. The smallest absolute Gasteiger partial charge is 0.420 e. The number of carbonyl (C=O) groups is 1. The van der Waals surface area contributed by atoms with Crippen LogP contribution in [0.25, 0.3) is 11.8 Å². The molecule has 0 saturated heterocycles. The largest absolute Gasteiger partial charge is 0.497 e. The van der Waals surface area contributed by atoms with Gasteiger partial charge in [0.1, 0.15) is 11.5 Å². The third kappa shape index (κ3) is 3.55. The Morgan fingerprint density at radius 3 is 2.37 bits per heavy atom. The van der Waals surface area contributed by atoms with Crippen LogP contribution in [0.1, 0.15) is 16.7 Å². The molecule has 4 nitrogen and oxygen atoms in total. The van der Waals surface area contributed by atoms with Crippen molar-refractivity contribution in [3.05, 3.63) is 95.6 Å². The maximum absolute atomic E-state index is 12.7. The minimum atomic E-state index is -0.383. The van der Waals surface area contributed by atoms with Crippen molar-refractivity contribution in [2.75, 3.05) is 12.0 Å². The molecule has 4 rings (SSSR count). The van der Waals surface area contributed by atoms with E-state index < -0.39 is 0 Å². The van der Waals surface area contributed by atoms with Gasteiger partial charge in [0.05, 0.1) is 19.3 Å². The molecule has 0 spiro atoms. The number of hydrogen-bond acceptors (Lipinski definition) is 3. The van der Waals surface area contributed by atoms with Gasteiger partial charge in [-0.3, -0.25) is 4.90 Å². The van der Waals surface area contributed by atoms with Crippen molar-refractivity contribution in [3.63, 3.8) is 0 Å². The zero-order chi connectivity index (χ0) is 18.6. The Balaban J connectivity index is 1.68. The van der Waals surface area contributed by atoms with Gasteiger partial charge in [-0.25, -0.2) is 4.79 Å². The first-order chi connectivity index (χ1) is 13.2. The molecule has 0 aliphatic carbocycles. The summed E-state index contributed by atoms with van der Waals surface area (Å²) >= 11 is 0. The fraction of sp³-hybridized carbons (Fsp3) is 0.0870. The number of carbonyl (C=O) groups excluding carboxylic acids is 1. The molecule has 4 heteroatoms. The van der Waals surface area contributed by atoms with Crippen LogP contribution < -0.4 is 9.64 Å². The second kappa shape index (κ2) is 7.38. The van der Waals surface area contributed by atoms with Crippen molar-refractivity contribution in [2.24, 2.45) is 0 Å². The van der Waals surface area contributed by atoms with Gasteiger partial charge >= 0.3 is 6.09 Å². The standard InChI is InChI=1S/C23H19NO3/c1-26-19-13-11-18(12-14-19)16-24-21-10-6-5-9-20(21)22(27-23(24)25)15-17-7-3-2-4-8-17/h2-15H,16H2,1H3/b22-15-. The second-order valence-corrected chi connectivity index (χ2v) is 6.24. The van der Waals surface area contributed by atoms with Gasteiger partial charge in [0, 0.05) is 5.56 Å². The molecule has 27 heavy (non-hydrogen) atoms. The maximum Gasteiger partial charge on any atom is 0.420 e. The van der Waals surface area contributed by atoms with Crippen LogP contribution in [0.15, 0.2) is 78.9 Å². The molecule has 1 aliphatic heterocycles. The summed E-state index contributed by atoms with van der Waals surface area (Å²) in [6.07, 6.45) is 1.51. The quantitative estimate of drug-likeness (QED) is 0.632. The van der Waals surface area contributed by atoms with Gasteiger partial charge in [0.15, 0.2) is 0 Å². The summed E-state index contributed by atoms with van der Waals surface area (Å²) in [5.74, 6) is 1.35. The normalized spacial score (nSPS) is 14.6. The Kier molecular flexibility index (Phi) is 4.62. The topological polar surface area (TPSA) is 38.8 Å². The van der Waals surface area contributed by atoms with Crippen molar-refractivity contribution in [1.82, 2.24) is 0 Å². The van der Waals surface area contributed by atoms with Crippen molar-refractivity contribution in [1.29, 1.82) is 0 Å². The minimum Gasteiger partial charge on any atom is -0.497 e. The van der Waals surface area contributed by atoms with Gasteiger partial charge in [-0.1, -0.05) is 54.6 Å². The Morgan fingerprint density at radius 2 is 1.63 bits per heavy atom. The molecule has 0 bridgehead atoms. The first-order valence-electron chi connectivity index (χ1n) is 8.73. The highest BCUT2D eigenvalue weighted by Crippen LogP contribution is 2.36. The SMILES string of the molecule is COc1ccc(CN2C(=O)O/C(=C\c3ccccc3)c3ccccc32)cc1. The lowest BCUT2D eigenvalue weighted by Crippen LogP contribution is -2.34. The molecule has 0 N–H and O–H groups in total. The lowest BCUT2D eigenvalue weighted by Gasteiger charge is -2.30. The average molecular weight is 357 g/mol. The van der Waals surface area contributed by atoms with Crippen LogP contribution >= 0.6 is 0 Å². The Bertz CT molecular complexity index is 978. The van der Waals surface area contributed by atoms with E-state index in [0.717, 1.165) is 28.1 Å². The zero-order valence-electron chi connectivity index (χ0n) is 15.0. The number of amides is 1. The van der Waals surface area contributed by atoms with Crippen molar-refractivity contribution in [2.45, 2.75) is 6.54 Å². The highest BCUT2D eigenvalue weighted by molar-refractivity contribution is 6.01. The molecule has 0 aromatic heterocycles. The number of ether oxygens (including phenoxy) is 2. The molecule has 0 unspecified atom stereocenters. The van der Waals surface area contributed by atoms with Crippen LogP contribution in [0, 0.1) is 0 Å². The van der Waals surface area contributed by atoms with E-state index in [0.29, 0.717) is 12.3 Å². The Hall–Kier alpha value is -3.53. The summed E-state index contributed by atoms with van der Waals surface area (Å²) in [5.41, 5.74) is 3.72. The Labute approximate surface area is 158 Å². The molecule has 1 heterocycles. The highest BCUT2D eigenvalue weighted by Gasteiger charge is 2.29. The highest BCUT2D eigenvalue weighted by atomic mass is 16.6. The number of methoxy groups -OCH3 is 1. The van der Waals surface area contributed by atoms with E-state index in [9.17, 15) is 4.79 Å². The van der Waals surface area contributed by atoms with E-state index in [1.165, 1.54) is 0 Å². The monoisotopic (exact) mass is 357 g/mol. The van der Waals surface area contributed by atoms with Crippen LogP contribution in [-0.2, 0) is 11.3 Å². The minimum absolute atomic E-state index is 0.383. The second-order valence-electron chi connectivity index (χ2n) is 6.24. The molecule has 1 amide bonds. The maximum atomic E-state index is 12.7. The molecular formula is C23H19NO3. The van der Waals surface area contributed by atoms with E-state index in [4.69, 9.17) is 9.47 Å². The first kappa shape index (κ1) is 16.9. The van der Waals surface area contributed by atoms with Crippen LogP contribution in [0.4, 0.5) is 10.5 Å². The van der Waals surface area contributed by atoms with Crippen LogP contribution in [0.5, 0.6) is 5.75 Å². The molecule has 1 aliphatic rings. The number of cyclic esters (lactones) is 1.